The van der Waals surface area contributed by atoms with E-state index in [0.717, 1.165) is 18.7 Å². The van der Waals surface area contributed by atoms with E-state index < -0.39 is 12.0 Å². The van der Waals surface area contributed by atoms with Gasteiger partial charge >= 0.3 is 5.97 Å². The molecule has 1 aromatic rings. The molecule has 1 heterocycles. The molecule has 0 amide bonds. The molecule has 4 heteroatoms. The van der Waals surface area contributed by atoms with E-state index in [0.29, 0.717) is 5.92 Å². The zero-order valence-electron chi connectivity index (χ0n) is 12.2. The van der Waals surface area contributed by atoms with Crippen molar-refractivity contribution in [3.8, 4) is 0 Å². The van der Waals surface area contributed by atoms with Crippen LogP contribution in [0.1, 0.15) is 31.4 Å². The third-order valence-corrected chi connectivity index (χ3v) is 4.18. The summed E-state index contributed by atoms with van der Waals surface area (Å²) in [6, 6.07) is 8.97. The number of carboxylic acid groups (broad SMARTS) is 1. The Bertz CT molecular complexity index is 435. The molecule has 3 unspecified atom stereocenters. The molecular weight excluding hydrogens is 252 g/mol. The second kappa shape index (κ2) is 6.86. The molecule has 4 nitrogen and oxygen atoms in total. The molecular formula is C16H24N2O2. The summed E-state index contributed by atoms with van der Waals surface area (Å²) >= 11 is 0. The second-order valence-electron chi connectivity index (χ2n) is 5.80. The van der Waals surface area contributed by atoms with Gasteiger partial charge in [0.1, 0.15) is 6.04 Å². The number of aliphatic carboxylic acids is 1. The average molecular weight is 276 g/mol. The molecule has 1 aromatic carbocycles. The molecule has 20 heavy (non-hydrogen) atoms. The smallest absolute Gasteiger partial charge is 0.325 e. The number of nitrogens with one attached hydrogen (secondary N) is 1. The summed E-state index contributed by atoms with van der Waals surface area (Å²) in [6.07, 6.45) is 2.36. The lowest BCUT2D eigenvalue weighted by molar-refractivity contribution is -0.140. The lowest BCUT2D eigenvalue weighted by atomic mass is 9.91. The Kier molecular flexibility index (Phi) is 5.15. The highest BCUT2D eigenvalue weighted by Crippen LogP contribution is 2.21. The Hall–Kier alpha value is -1.39. The van der Waals surface area contributed by atoms with Crippen LogP contribution >= 0.6 is 0 Å². The van der Waals surface area contributed by atoms with Crippen molar-refractivity contribution in [2.45, 2.75) is 31.8 Å². The van der Waals surface area contributed by atoms with Crippen LogP contribution in [0.3, 0.4) is 0 Å². The summed E-state index contributed by atoms with van der Waals surface area (Å²) in [5.74, 6) is -0.300. The zero-order chi connectivity index (χ0) is 14.5. The lowest BCUT2D eigenvalue weighted by Gasteiger charge is -2.35. The maximum Gasteiger partial charge on any atom is 0.325 e. The van der Waals surface area contributed by atoms with Gasteiger partial charge in [0, 0.05) is 12.6 Å². The maximum atomic E-state index is 11.5. The van der Waals surface area contributed by atoms with E-state index >= 15 is 0 Å². The molecule has 2 N–H and O–H groups in total. The standard InChI is InChI=1S/C16H24N2O2/c1-12(14-9-6-10-18(2)11-14)17-15(16(19)20)13-7-4-3-5-8-13/h3-5,7-8,12,14-15,17H,6,9-11H2,1-2H3,(H,19,20). The van der Waals surface area contributed by atoms with Crippen LogP contribution in [0.25, 0.3) is 0 Å². The summed E-state index contributed by atoms with van der Waals surface area (Å²) in [5, 5.41) is 12.7. The Balaban J connectivity index is 2.03. The minimum atomic E-state index is -0.813. The van der Waals surface area contributed by atoms with Crippen LogP contribution in [-0.2, 0) is 4.79 Å². The monoisotopic (exact) mass is 276 g/mol. The normalized spacial score (nSPS) is 23.2. The van der Waals surface area contributed by atoms with Crippen molar-refractivity contribution in [3.63, 3.8) is 0 Å². The SMILES string of the molecule is CC(NC(C(=O)O)c1ccccc1)C1CCCN(C)C1. The number of hydrogen-bond donors (Lipinski definition) is 2. The van der Waals surface area contributed by atoms with Crippen molar-refractivity contribution in [1.82, 2.24) is 10.2 Å². The summed E-state index contributed by atoms with van der Waals surface area (Å²) in [4.78, 5) is 13.8. The van der Waals surface area contributed by atoms with Gasteiger partial charge in [0.15, 0.2) is 0 Å². The molecule has 110 valence electrons. The minimum absolute atomic E-state index is 0.194. The van der Waals surface area contributed by atoms with Crippen LogP contribution in [0, 0.1) is 5.92 Å². The number of carboxylic acids is 1. The molecule has 0 aliphatic carbocycles. The second-order valence-corrected chi connectivity index (χ2v) is 5.80. The molecule has 1 aliphatic heterocycles. The fourth-order valence-corrected chi connectivity index (χ4v) is 2.97. The zero-order valence-corrected chi connectivity index (χ0v) is 12.2. The fraction of sp³-hybridized carbons (Fsp3) is 0.562. The van der Waals surface area contributed by atoms with E-state index in [1.807, 2.05) is 30.3 Å². The van der Waals surface area contributed by atoms with Gasteiger partial charge in [-0.1, -0.05) is 30.3 Å². The number of carbonyl (C=O) groups is 1. The number of hydrogen-bond acceptors (Lipinski definition) is 3. The third-order valence-electron chi connectivity index (χ3n) is 4.18. The average Bonchev–Trinajstić information content (AvgIpc) is 2.45. The molecule has 1 saturated heterocycles. The van der Waals surface area contributed by atoms with Gasteiger partial charge in [-0.3, -0.25) is 10.1 Å². The molecule has 0 aromatic heterocycles. The van der Waals surface area contributed by atoms with Gasteiger partial charge in [-0.25, -0.2) is 0 Å². The summed E-state index contributed by atoms with van der Waals surface area (Å²) < 4.78 is 0. The molecule has 0 bridgehead atoms. The predicted octanol–water partition coefficient (Wildman–Crippen LogP) is 2.13. The van der Waals surface area contributed by atoms with Crippen LogP contribution in [0.15, 0.2) is 30.3 Å². The Labute approximate surface area is 120 Å². The van der Waals surface area contributed by atoms with Crippen molar-refractivity contribution in [2.24, 2.45) is 5.92 Å². The highest BCUT2D eigenvalue weighted by atomic mass is 16.4. The number of nitrogens with zero attached hydrogens (tertiary/aromatic N) is 1. The highest BCUT2D eigenvalue weighted by Gasteiger charge is 2.27. The van der Waals surface area contributed by atoms with Gasteiger partial charge in [0.2, 0.25) is 0 Å². The predicted molar refractivity (Wildman–Crippen MR) is 79.6 cm³/mol. The van der Waals surface area contributed by atoms with Gasteiger partial charge < -0.3 is 10.0 Å². The molecule has 3 atom stereocenters. The van der Waals surface area contributed by atoms with Crippen LogP contribution in [-0.4, -0.2) is 42.2 Å². The molecule has 0 spiro atoms. The van der Waals surface area contributed by atoms with Crippen LogP contribution in [0.2, 0.25) is 0 Å². The van der Waals surface area contributed by atoms with Crippen molar-refractivity contribution in [2.75, 3.05) is 20.1 Å². The number of rotatable bonds is 5. The molecule has 1 fully saturated rings. The maximum absolute atomic E-state index is 11.5. The topological polar surface area (TPSA) is 52.6 Å². The van der Waals surface area contributed by atoms with E-state index in [4.69, 9.17) is 0 Å². The van der Waals surface area contributed by atoms with Crippen molar-refractivity contribution in [1.29, 1.82) is 0 Å². The van der Waals surface area contributed by atoms with Crippen molar-refractivity contribution >= 4 is 5.97 Å². The quantitative estimate of drug-likeness (QED) is 0.865. The lowest BCUT2D eigenvalue weighted by Crippen LogP contribution is -2.45. The number of benzene rings is 1. The Morgan fingerprint density at radius 3 is 2.70 bits per heavy atom. The third kappa shape index (κ3) is 3.81. The van der Waals surface area contributed by atoms with E-state index in [-0.39, 0.29) is 6.04 Å². The van der Waals surface area contributed by atoms with Crippen molar-refractivity contribution in [3.05, 3.63) is 35.9 Å². The first-order valence-electron chi connectivity index (χ1n) is 7.30. The first-order valence-corrected chi connectivity index (χ1v) is 7.30. The molecule has 0 radical (unpaired) electrons. The van der Waals surface area contributed by atoms with E-state index in [1.54, 1.807) is 0 Å². The summed E-state index contributed by atoms with van der Waals surface area (Å²) in [5.41, 5.74) is 0.816. The Morgan fingerprint density at radius 1 is 1.40 bits per heavy atom. The number of likely N-dealkylation sites (tertiary alicyclic amines) is 1. The summed E-state index contributed by atoms with van der Waals surface area (Å²) in [7, 11) is 2.13. The fourth-order valence-electron chi connectivity index (χ4n) is 2.97. The minimum Gasteiger partial charge on any atom is -0.480 e. The molecule has 0 saturated carbocycles. The first-order chi connectivity index (χ1) is 9.58. The van der Waals surface area contributed by atoms with E-state index in [9.17, 15) is 9.90 Å². The molecule has 2 rings (SSSR count). The number of piperidine rings is 1. The highest BCUT2D eigenvalue weighted by molar-refractivity contribution is 5.75. The van der Waals surface area contributed by atoms with Gasteiger partial charge in [-0.05, 0) is 44.8 Å². The van der Waals surface area contributed by atoms with Crippen LogP contribution in [0.4, 0.5) is 0 Å². The van der Waals surface area contributed by atoms with Gasteiger partial charge in [0.05, 0.1) is 0 Å². The molecule has 1 aliphatic rings. The first kappa shape index (κ1) is 15.0. The summed E-state index contributed by atoms with van der Waals surface area (Å²) in [6.45, 7) is 4.28. The van der Waals surface area contributed by atoms with Gasteiger partial charge in [0.25, 0.3) is 0 Å². The van der Waals surface area contributed by atoms with Crippen LogP contribution < -0.4 is 5.32 Å². The van der Waals surface area contributed by atoms with Gasteiger partial charge in [-0.15, -0.1) is 0 Å². The van der Waals surface area contributed by atoms with E-state index in [2.05, 4.69) is 24.2 Å². The Morgan fingerprint density at radius 2 is 2.10 bits per heavy atom. The van der Waals surface area contributed by atoms with E-state index in [1.165, 1.54) is 12.8 Å². The largest absolute Gasteiger partial charge is 0.480 e. The van der Waals surface area contributed by atoms with Crippen LogP contribution in [0.5, 0.6) is 0 Å². The van der Waals surface area contributed by atoms with Gasteiger partial charge in [-0.2, -0.15) is 0 Å². The van der Waals surface area contributed by atoms with Crippen molar-refractivity contribution < 1.29 is 9.90 Å².